The lowest BCUT2D eigenvalue weighted by atomic mass is 10.1. The van der Waals surface area contributed by atoms with Gasteiger partial charge in [0.1, 0.15) is 6.54 Å². The van der Waals surface area contributed by atoms with Crippen LogP contribution in [0.15, 0.2) is 51.5 Å². The van der Waals surface area contributed by atoms with Crippen molar-refractivity contribution in [3.8, 4) is 11.4 Å². The Balaban J connectivity index is 1.59. The van der Waals surface area contributed by atoms with Gasteiger partial charge in [0.25, 0.3) is 0 Å². The van der Waals surface area contributed by atoms with Crippen LogP contribution in [-0.2, 0) is 23.9 Å². The van der Waals surface area contributed by atoms with Gasteiger partial charge in [0.15, 0.2) is 0 Å². The van der Waals surface area contributed by atoms with Crippen LogP contribution in [0.5, 0.6) is 0 Å². The summed E-state index contributed by atoms with van der Waals surface area (Å²) in [7, 11) is 0. The van der Waals surface area contributed by atoms with Crippen molar-refractivity contribution in [3.63, 3.8) is 0 Å². The van der Waals surface area contributed by atoms with Crippen molar-refractivity contribution in [2.75, 3.05) is 4.90 Å². The number of hydrogen-bond donors (Lipinski definition) is 0. The second kappa shape index (κ2) is 6.49. The molecule has 1 aromatic heterocycles. The topological polar surface area (TPSA) is 59.2 Å². The molecule has 2 aromatic carbocycles. The van der Waals surface area contributed by atoms with E-state index in [4.69, 9.17) is 4.52 Å². The maximum absolute atomic E-state index is 12.9. The summed E-state index contributed by atoms with van der Waals surface area (Å²) in [4.78, 5) is 17.9. The minimum atomic E-state index is -4.46. The average molecular weight is 438 g/mol. The summed E-state index contributed by atoms with van der Waals surface area (Å²) in [6, 6.07) is 10.2. The highest BCUT2D eigenvalue weighted by Crippen LogP contribution is 2.33. The van der Waals surface area contributed by atoms with Crippen LogP contribution in [0.1, 0.15) is 17.0 Å². The van der Waals surface area contributed by atoms with Crippen LogP contribution in [0, 0.1) is 0 Å². The minimum Gasteiger partial charge on any atom is -0.337 e. The van der Waals surface area contributed by atoms with Gasteiger partial charge >= 0.3 is 6.18 Å². The maximum Gasteiger partial charge on any atom is 0.416 e. The highest BCUT2D eigenvalue weighted by Gasteiger charge is 2.31. The van der Waals surface area contributed by atoms with Crippen LogP contribution < -0.4 is 4.90 Å². The van der Waals surface area contributed by atoms with Gasteiger partial charge in [-0.2, -0.15) is 18.2 Å². The van der Waals surface area contributed by atoms with E-state index in [9.17, 15) is 18.0 Å². The standard InChI is InChI=1S/C18H11BrF3N3O2/c19-13-4-5-14-11(7-13)8-16(26)25(14)9-15-23-17(24-27-15)10-2-1-3-12(6-10)18(20,21)22/h1-7H,8-9H2. The fraction of sp³-hybridized carbons (Fsp3) is 0.167. The first kappa shape index (κ1) is 17.7. The Hall–Kier alpha value is -2.68. The smallest absolute Gasteiger partial charge is 0.337 e. The number of carbonyl (C=O) groups excluding carboxylic acids is 1. The van der Waals surface area contributed by atoms with Crippen LogP contribution in [0.4, 0.5) is 18.9 Å². The molecule has 0 radical (unpaired) electrons. The maximum atomic E-state index is 12.9. The van der Waals surface area contributed by atoms with E-state index in [0.717, 1.165) is 27.9 Å². The van der Waals surface area contributed by atoms with Gasteiger partial charge in [-0.25, -0.2) is 0 Å². The van der Waals surface area contributed by atoms with Crippen molar-refractivity contribution in [1.29, 1.82) is 0 Å². The first-order valence-corrected chi connectivity index (χ1v) is 8.69. The van der Waals surface area contributed by atoms with E-state index in [1.165, 1.54) is 17.0 Å². The largest absolute Gasteiger partial charge is 0.416 e. The first-order chi connectivity index (χ1) is 12.8. The van der Waals surface area contributed by atoms with E-state index < -0.39 is 11.7 Å². The van der Waals surface area contributed by atoms with Crippen molar-refractivity contribution in [1.82, 2.24) is 10.1 Å². The molecule has 0 spiro atoms. The lowest BCUT2D eigenvalue weighted by Crippen LogP contribution is -2.26. The number of hydrogen-bond acceptors (Lipinski definition) is 4. The molecule has 27 heavy (non-hydrogen) atoms. The molecule has 9 heteroatoms. The first-order valence-electron chi connectivity index (χ1n) is 7.90. The molecule has 0 N–H and O–H groups in total. The third-order valence-corrected chi connectivity index (χ3v) is 4.68. The zero-order valence-electron chi connectivity index (χ0n) is 13.6. The number of aromatic nitrogens is 2. The second-order valence-corrected chi connectivity index (χ2v) is 6.94. The molecule has 5 nitrogen and oxygen atoms in total. The van der Waals surface area contributed by atoms with Gasteiger partial charge in [0.2, 0.25) is 17.6 Å². The molecule has 138 valence electrons. The number of carbonyl (C=O) groups is 1. The third-order valence-electron chi connectivity index (χ3n) is 4.18. The van der Waals surface area contributed by atoms with Crippen LogP contribution in [0.2, 0.25) is 0 Å². The molecule has 0 fully saturated rings. The molecule has 0 saturated heterocycles. The summed E-state index contributed by atoms with van der Waals surface area (Å²) in [5.41, 5.74) is 1.03. The summed E-state index contributed by atoms with van der Waals surface area (Å²) in [5.74, 6) is 0.0761. The molecular formula is C18H11BrF3N3O2. The van der Waals surface area contributed by atoms with E-state index in [1.54, 1.807) is 0 Å². The molecule has 1 aliphatic heterocycles. The molecule has 0 unspecified atom stereocenters. The third kappa shape index (κ3) is 3.46. The summed E-state index contributed by atoms with van der Waals surface area (Å²) < 4.78 is 44.6. The molecule has 2 heterocycles. The SMILES string of the molecule is O=C1Cc2cc(Br)ccc2N1Cc1nc(-c2cccc(C(F)(F)F)c2)no1. The van der Waals surface area contributed by atoms with Gasteiger partial charge in [0.05, 0.1) is 12.0 Å². The van der Waals surface area contributed by atoms with Crippen molar-refractivity contribution < 1.29 is 22.5 Å². The Morgan fingerprint density at radius 2 is 2.00 bits per heavy atom. The molecule has 0 bridgehead atoms. The highest BCUT2D eigenvalue weighted by atomic mass is 79.9. The Morgan fingerprint density at radius 3 is 2.78 bits per heavy atom. The quantitative estimate of drug-likeness (QED) is 0.600. The highest BCUT2D eigenvalue weighted by molar-refractivity contribution is 9.10. The van der Waals surface area contributed by atoms with Crippen LogP contribution >= 0.6 is 15.9 Å². The van der Waals surface area contributed by atoms with Gasteiger partial charge in [0, 0.05) is 15.7 Å². The van der Waals surface area contributed by atoms with Crippen LogP contribution in [0.3, 0.4) is 0 Å². The van der Waals surface area contributed by atoms with Crippen LogP contribution in [-0.4, -0.2) is 16.0 Å². The van der Waals surface area contributed by atoms with Crippen molar-refractivity contribution >= 4 is 27.5 Å². The summed E-state index contributed by atoms with van der Waals surface area (Å²) in [5, 5.41) is 3.75. The zero-order valence-corrected chi connectivity index (χ0v) is 15.2. The number of anilines is 1. The summed E-state index contributed by atoms with van der Waals surface area (Å²) in [6.45, 7) is 0.0550. The summed E-state index contributed by atoms with van der Waals surface area (Å²) >= 11 is 3.37. The Kier molecular flexibility index (Phi) is 4.26. The molecule has 3 aromatic rings. The predicted molar refractivity (Wildman–Crippen MR) is 93.8 cm³/mol. The number of halogens is 4. The Bertz CT molecular complexity index is 1030. The fourth-order valence-electron chi connectivity index (χ4n) is 2.93. The number of amides is 1. The van der Waals surface area contributed by atoms with Crippen molar-refractivity contribution in [3.05, 3.63) is 64.0 Å². The number of fused-ring (bicyclic) bond motifs is 1. The lowest BCUT2D eigenvalue weighted by Gasteiger charge is -2.14. The molecule has 0 saturated carbocycles. The number of benzene rings is 2. The van der Waals surface area contributed by atoms with Crippen molar-refractivity contribution in [2.24, 2.45) is 0 Å². The van der Waals surface area contributed by atoms with E-state index in [0.29, 0.717) is 0 Å². The normalized spacial score (nSPS) is 13.9. The molecule has 4 rings (SSSR count). The Labute approximate surface area is 159 Å². The fourth-order valence-corrected chi connectivity index (χ4v) is 3.34. The average Bonchev–Trinajstić information content (AvgIpc) is 3.19. The molecular weight excluding hydrogens is 427 g/mol. The number of alkyl halides is 3. The van der Waals surface area contributed by atoms with E-state index in [2.05, 4.69) is 26.1 Å². The lowest BCUT2D eigenvalue weighted by molar-refractivity contribution is -0.137. The van der Waals surface area contributed by atoms with Crippen LogP contribution in [0.25, 0.3) is 11.4 Å². The number of nitrogens with zero attached hydrogens (tertiary/aromatic N) is 3. The van der Waals surface area contributed by atoms with E-state index >= 15 is 0 Å². The minimum absolute atomic E-state index is 0.0405. The predicted octanol–water partition coefficient (Wildman–Crippen LogP) is 4.61. The monoisotopic (exact) mass is 437 g/mol. The van der Waals surface area contributed by atoms with Gasteiger partial charge in [-0.05, 0) is 35.9 Å². The molecule has 0 atom stereocenters. The van der Waals surface area contributed by atoms with Gasteiger partial charge < -0.3 is 9.42 Å². The van der Waals surface area contributed by atoms with Gasteiger partial charge in [-0.3, -0.25) is 4.79 Å². The van der Waals surface area contributed by atoms with Gasteiger partial charge in [-0.15, -0.1) is 0 Å². The molecule has 1 aliphatic rings. The van der Waals surface area contributed by atoms with E-state index in [1.807, 2.05) is 18.2 Å². The van der Waals surface area contributed by atoms with Crippen molar-refractivity contribution in [2.45, 2.75) is 19.1 Å². The molecule has 1 amide bonds. The number of rotatable bonds is 3. The summed E-state index contributed by atoms with van der Waals surface area (Å²) in [6.07, 6.45) is -4.19. The Morgan fingerprint density at radius 1 is 1.19 bits per heavy atom. The van der Waals surface area contributed by atoms with E-state index in [-0.39, 0.29) is 36.2 Å². The zero-order chi connectivity index (χ0) is 19.2. The second-order valence-electron chi connectivity index (χ2n) is 6.02. The molecule has 0 aliphatic carbocycles. The van der Waals surface area contributed by atoms with Gasteiger partial charge in [-0.1, -0.05) is 33.2 Å².